The number of thiophene rings is 1. The molecule has 0 spiro atoms. The number of carbonyl (C=O) groups excluding carboxylic acids is 1. The van der Waals surface area contributed by atoms with Gasteiger partial charge in [0, 0.05) is 0 Å². The Hall–Kier alpha value is -1.81. The molecule has 0 bridgehead atoms. The summed E-state index contributed by atoms with van der Waals surface area (Å²) in [7, 11) is 0. The van der Waals surface area contributed by atoms with Crippen LogP contribution < -0.4 is 10.5 Å². The number of aryl methyl sites for hydroxylation is 1. The van der Waals surface area contributed by atoms with Gasteiger partial charge in [-0.15, -0.1) is 11.3 Å². The Morgan fingerprint density at radius 2 is 2.17 bits per heavy atom. The molecule has 1 aromatic carbocycles. The molecule has 2 rings (SSSR count). The van der Waals surface area contributed by atoms with E-state index >= 15 is 0 Å². The Balaban J connectivity index is 2.48. The van der Waals surface area contributed by atoms with E-state index in [0.717, 1.165) is 10.4 Å². The standard InChI is InChI=1S/C14H15NO2S/c1-3-17-13-10(5-4-6-11(13)15)12(16)14-9(2)7-8-18-14/h4-8H,3,15H2,1-2H3. The fraction of sp³-hybridized carbons (Fsp3) is 0.214. The summed E-state index contributed by atoms with van der Waals surface area (Å²) < 4.78 is 5.49. The normalized spacial score (nSPS) is 10.3. The molecule has 0 saturated heterocycles. The number of anilines is 1. The molecule has 2 N–H and O–H groups in total. The largest absolute Gasteiger partial charge is 0.491 e. The minimum Gasteiger partial charge on any atom is -0.491 e. The minimum absolute atomic E-state index is 0.0294. The summed E-state index contributed by atoms with van der Waals surface area (Å²) in [5, 5.41) is 1.91. The van der Waals surface area contributed by atoms with Crippen molar-refractivity contribution in [1.82, 2.24) is 0 Å². The first kappa shape index (κ1) is 12.6. The van der Waals surface area contributed by atoms with Gasteiger partial charge in [-0.25, -0.2) is 0 Å². The summed E-state index contributed by atoms with van der Waals surface area (Å²) in [6.07, 6.45) is 0. The van der Waals surface area contributed by atoms with E-state index in [2.05, 4.69) is 0 Å². The highest BCUT2D eigenvalue weighted by atomic mass is 32.1. The van der Waals surface area contributed by atoms with Crippen molar-refractivity contribution in [3.8, 4) is 5.75 Å². The third kappa shape index (κ3) is 2.24. The third-order valence-electron chi connectivity index (χ3n) is 2.65. The Kier molecular flexibility index (Phi) is 3.67. The van der Waals surface area contributed by atoms with Gasteiger partial charge < -0.3 is 10.5 Å². The van der Waals surface area contributed by atoms with Crippen molar-refractivity contribution in [2.24, 2.45) is 0 Å². The molecule has 0 amide bonds. The summed E-state index contributed by atoms with van der Waals surface area (Å²) in [5.41, 5.74) is 7.87. The molecule has 3 nitrogen and oxygen atoms in total. The van der Waals surface area contributed by atoms with E-state index in [9.17, 15) is 4.79 Å². The van der Waals surface area contributed by atoms with E-state index in [0.29, 0.717) is 23.6 Å². The van der Waals surface area contributed by atoms with Gasteiger partial charge in [-0.1, -0.05) is 6.07 Å². The smallest absolute Gasteiger partial charge is 0.207 e. The van der Waals surface area contributed by atoms with Crippen molar-refractivity contribution in [3.63, 3.8) is 0 Å². The summed E-state index contributed by atoms with van der Waals surface area (Å²) in [6, 6.07) is 7.20. The number of nitrogens with two attached hydrogens (primary N) is 1. The summed E-state index contributed by atoms with van der Waals surface area (Å²) in [4.78, 5) is 13.2. The van der Waals surface area contributed by atoms with Crippen LogP contribution in [0, 0.1) is 6.92 Å². The number of ether oxygens (including phenoxy) is 1. The fourth-order valence-corrected chi connectivity index (χ4v) is 2.65. The van der Waals surface area contributed by atoms with Crippen LogP contribution >= 0.6 is 11.3 Å². The Morgan fingerprint density at radius 1 is 1.39 bits per heavy atom. The highest BCUT2D eigenvalue weighted by Gasteiger charge is 2.19. The lowest BCUT2D eigenvalue weighted by Crippen LogP contribution is -2.07. The Labute approximate surface area is 110 Å². The average molecular weight is 261 g/mol. The van der Waals surface area contributed by atoms with Gasteiger partial charge in [0.25, 0.3) is 0 Å². The van der Waals surface area contributed by atoms with Crippen LogP contribution in [0.25, 0.3) is 0 Å². The van der Waals surface area contributed by atoms with E-state index < -0.39 is 0 Å². The number of para-hydroxylation sites is 1. The number of nitrogen functional groups attached to an aromatic ring is 1. The van der Waals surface area contributed by atoms with Crippen LogP contribution in [0.2, 0.25) is 0 Å². The monoisotopic (exact) mass is 261 g/mol. The molecule has 0 radical (unpaired) electrons. The second-order valence-corrected chi connectivity index (χ2v) is 4.83. The predicted octanol–water partition coefficient (Wildman–Crippen LogP) is 3.27. The molecule has 4 heteroatoms. The van der Waals surface area contributed by atoms with Crippen LogP contribution in [0.5, 0.6) is 5.75 Å². The molecule has 0 atom stereocenters. The molecule has 0 aliphatic carbocycles. The predicted molar refractivity (Wildman–Crippen MR) is 74.5 cm³/mol. The van der Waals surface area contributed by atoms with Crippen LogP contribution in [-0.2, 0) is 0 Å². The molecule has 18 heavy (non-hydrogen) atoms. The Bertz CT molecular complexity index is 575. The quantitative estimate of drug-likeness (QED) is 0.679. The van der Waals surface area contributed by atoms with E-state index in [1.54, 1.807) is 18.2 Å². The highest BCUT2D eigenvalue weighted by Crippen LogP contribution is 2.30. The third-order valence-corrected chi connectivity index (χ3v) is 3.66. The van der Waals surface area contributed by atoms with Crippen LogP contribution in [0.15, 0.2) is 29.6 Å². The van der Waals surface area contributed by atoms with E-state index in [4.69, 9.17) is 10.5 Å². The summed E-state index contributed by atoms with van der Waals surface area (Å²) >= 11 is 1.44. The molecule has 1 heterocycles. The molecule has 1 aromatic heterocycles. The zero-order valence-electron chi connectivity index (χ0n) is 10.4. The average Bonchev–Trinajstić information content (AvgIpc) is 2.77. The lowest BCUT2D eigenvalue weighted by Gasteiger charge is -2.11. The Morgan fingerprint density at radius 3 is 2.78 bits per heavy atom. The summed E-state index contributed by atoms with van der Waals surface area (Å²) in [5.74, 6) is 0.455. The van der Waals surface area contributed by atoms with Crippen LogP contribution in [0.1, 0.15) is 27.7 Å². The first-order valence-corrected chi connectivity index (χ1v) is 6.63. The van der Waals surface area contributed by atoms with Crippen molar-refractivity contribution in [1.29, 1.82) is 0 Å². The molecule has 0 aliphatic heterocycles. The number of hydrogen-bond acceptors (Lipinski definition) is 4. The van der Waals surface area contributed by atoms with Gasteiger partial charge in [-0.2, -0.15) is 0 Å². The number of benzene rings is 1. The number of rotatable bonds is 4. The van der Waals surface area contributed by atoms with Crippen LogP contribution in [0.4, 0.5) is 5.69 Å². The molecule has 0 unspecified atom stereocenters. The molecule has 0 aliphatic rings. The van der Waals surface area contributed by atoms with Crippen molar-refractivity contribution >= 4 is 22.8 Å². The van der Waals surface area contributed by atoms with Crippen molar-refractivity contribution in [2.45, 2.75) is 13.8 Å². The second-order valence-electron chi connectivity index (χ2n) is 3.92. The van der Waals surface area contributed by atoms with Crippen LogP contribution in [-0.4, -0.2) is 12.4 Å². The number of ketones is 1. The van der Waals surface area contributed by atoms with Crippen molar-refractivity contribution < 1.29 is 9.53 Å². The molecular formula is C14H15NO2S. The zero-order valence-corrected chi connectivity index (χ0v) is 11.2. The number of carbonyl (C=O) groups is 1. The fourth-order valence-electron chi connectivity index (χ4n) is 1.77. The number of hydrogen-bond donors (Lipinski definition) is 1. The van der Waals surface area contributed by atoms with E-state index in [1.807, 2.05) is 25.3 Å². The molecule has 94 valence electrons. The maximum Gasteiger partial charge on any atom is 0.207 e. The summed E-state index contributed by atoms with van der Waals surface area (Å²) in [6.45, 7) is 4.28. The lowest BCUT2D eigenvalue weighted by molar-refractivity contribution is 0.103. The van der Waals surface area contributed by atoms with Gasteiger partial charge in [0.1, 0.15) is 0 Å². The second kappa shape index (κ2) is 5.23. The van der Waals surface area contributed by atoms with Gasteiger partial charge in [0.05, 0.1) is 22.7 Å². The van der Waals surface area contributed by atoms with E-state index in [1.165, 1.54) is 11.3 Å². The maximum atomic E-state index is 12.5. The SMILES string of the molecule is CCOc1c(N)cccc1C(=O)c1sccc1C. The molecular weight excluding hydrogens is 246 g/mol. The molecule has 0 fully saturated rings. The van der Waals surface area contributed by atoms with Gasteiger partial charge >= 0.3 is 0 Å². The van der Waals surface area contributed by atoms with Gasteiger partial charge in [0.2, 0.25) is 5.78 Å². The van der Waals surface area contributed by atoms with E-state index in [-0.39, 0.29) is 5.78 Å². The molecule has 2 aromatic rings. The van der Waals surface area contributed by atoms with Gasteiger partial charge in [-0.05, 0) is 43.0 Å². The topological polar surface area (TPSA) is 52.3 Å². The zero-order chi connectivity index (χ0) is 13.1. The first-order chi connectivity index (χ1) is 8.65. The maximum absolute atomic E-state index is 12.5. The van der Waals surface area contributed by atoms with Gasteiger partial charge in [-0.3, -0.25) is 4.79 Å². The van der Waals surface area contributed by atoms with Gasteiger partial charge in [0.15, 0.2) is 5.75 Å². The van der Waals surface area contributed by atoms with Crippen molar-refractivity contribution in [2.75, 3.05) is 12.3 Å². The van der Waals surface area contributed by atoms with Crippen molar-refractivity contribution in [3.05, 3.63) is 45.6 Å². The first-order valence-electron chi connectivity index (χ1n) is 5.75. The lowest BCUT2D eigenvalue weighted by atomic mass is 10.1. The highest BCUT2D eigenvalue weighted by molar-refractivity contribution is 7.12. The van der Waals surface area contributed by atoms with Crippen LogP contribution in [0.3, 0.4) is 0 Å². The molecule has 0 saturated carbocycles. The minimum atomic E-state index is -0.0294.